The molecule has 1 saturated heterocycles. The number of rotatable bonds is 7. The third kappa shape index (κ3) is 4.58. The summed E-state index contributed by atoms with van der Waals surface area (Å²) in [6.45, 7) is 4.20. The van der Waals surface area contributed by atoms with Crippen molar-refractivity contribution < 1.29 is 9.47 Å². The Labute approximate surface area is 191 Å². The van der Waals surface area contributed by atoms with Crippen LogP contribution in [-0.2, 0) is 0 Å². The minimum absolute atomic E-state index is 0.291. The second-order valence-corrected chi connectivity index (χ2v) is 8.75. The first-order valence-electron chi connectivity index (χ1n) is 11.7. The van der Waals surface area contributed by atoms with Crippen LogP contribution in [0.4, 0.5) is 0 Å². The molecule has 1 fully saturated rings. The molecule has 5 rings (SSSR count). The summed E-state index contributed by atoms with van der Waals surface area (Å²) in [7, 11) is 1.74. The van der Waals surface area contributed by atoms with E-state index in [0.29, 0.717) is 5.92 Å². The molecule has 0 aromatic heterocycles. The minimum Gasteiger partial charge on any atom is -0.497 e. The Morgan fingerprint density at radius 3 is 2.38 bits per heavy atom. The molecule has 0 N–H and O–H groups in total. The van der Waals surface area contributed by atoms with Crippen LogP contribution < -0.4 is 9.47 Å². The zero-order valence-electron chi connectivity index (χ0n) is 18.8. The van der Waals surface area contributed by atoms with Gasteiger partial charge >= 0.3 is 0 Å². The molecule has 3 heteroatoms. The van der Waals surface area contributed by atoms with Gasteiger partial charge in [0.2, 0.25) is 0 Å². The van der Waals surface area contributed by atoms with Crippen LogP contribution in [0.25, 0.3) is 11.6 Å². The Kier molecular flexibility index (Phi) is 6.27. The molecule has 1 aliphatic carbocycles. The SMILES string of the molecule is COc1ccc2c(c1)C(c1ccc(OCCN3CCCC3)cc1)CC(c1ccccc1)=C2. The highest BCUT2D eigenvalue weighted by molar-refractivity contribution is 5.86. The molecule has 0 radical (unpaired) electrons. The fourth-order valence-corrected chi connectivity index (χ4v) is 4.94. The predicted octanol–water partition coefficient (Wildman–Crippen LogP) is 6.25. The number of hydrogen-bond acceptors (Lipinski definition) is 3. The van der Waals surface area contributed by atoms with Gasteiger partial charge in [0.05, 0.1) is 7.11 Å². The van der Waals surface area contributed by atoms with Crippen molar-refractivity contribution in [1.29, 1.82) is 0 Å². The normalized spacial score (nSPS) is 18.2. The monoisotopic (exact) mass is 425 g/mol. The van der Waals surface area contributed by atoms with Gasteiger partial charge in [-0.3, -0.25) is 4.90 Å². The summed E-state index contributed by atoms with van der Waals surface area (Å²) in [5, 5.41) is 0. The van der Waals surface area contributed by atoms with E-state index in [0.717, 1.165) is 31.1 Å². The number of likely N-dealkylation sites (tertiary alicyclic amines) is 1. The third-order valence-corrected chi connectivity index (χ3v) is 6.73. The molecule has 0 bridgehead atoms. The molecule has 1 heterocycles. The quantitative estimate of drug-likeness (QED) is 0.447. The van der Waals surface area contributed by atoms with Gasteiger partial charge in [0.1, 0.15) is 18.1 Å². The lowest BCUT2D eigenvalue weighted by atomic mass is 9.77. The van der Waals surface area contributed by atoms with Crippen LogP contribution in [0.3, 0.4) is 0 Å². The van der Waals surface area contributed by atoms with Gasteiger partial charge in [-0.2, -0.15) is 0 Å². The highest BCUT2D eigenvalue weighted by atomic mass is 16.5. The number of hydrogen-bond donors (Lipinski definition) is 0. The Balaban J connectivity index is 1.37. The van der Waals surface area contributed by atoms with Crippen LogP contribution >= 0.6 is 0 Å². The highest BCUT2D eigenvalue weighted by Crippen LogP contribution is 2.43. The van der Waals surface area contributed by atoms with Crippen molar-refractivity contribution >= 4 is 11.6 Å². The van der Waals surface area contributed by atoms with E-state index in [2.05, 4.69) is 83.8 Å². The first-order valence-corrected chi connectivity index (χ1v) is 11.7. The first-order chi connectivity index (χ1) is 15.8. The first kappa shape index (κ1) is 20.8. The maximum atomic E-state index is 6.03. The van der Waals surface area contributed by atoms with Crippen LogP contribution in [-0.4, -0.2) is 38.3 Å². The van der Waals surface area contributed by atoms with E-state index >= 15 is 0 Å². The van der Waals surface area contributed by atoms with Gasteiger partial charge in [-0.05, 0) is 84.4 Å². The van der Waals surface area contributed by atoms with Crippen LogP contribution in [0.1, 0.15) is 47.4 Å². The molecule has 0 amide bonds. The van der Waals surface area contributed by atoms with Crippen LogP contribution in [0.15, 0.2) is 72.8 Å². The lowest BCUT2D eigenvalue weighted by Crippen LogP contribution is -2.25. The number of methoxy groups -OCH3 is 1. The smallest absolute Gasteiger partial charge is 0.119 e. The molecule has 0 spiro atoms. The molecule has 2 aliphatic rings. The van der Waals surface area contributed by atoms with Crippen molar-refractivity contribution in [2.24, 2.45) is 0 Å². The number of ether oxygens (including phenoxy) is 2. The van der Waals surface area contributed by atoms with Gasteiger partial charge in [-0.1, -0.05) is 54.6 Å². The van der Waals surface area contributed by atoms with Crippen molar-refractivity contribution in [2.45, 2.75) is 25.2 Å². The molecule has 3 aromatic carbocycles. The van der Waals surface area contributed by atoms with Gasteiger partial charge in [0.15, 0.2) is 0 Å². The Bertz CT molecular complexity index is 1070. The Morgan fingerprint density at radius 2 is 1.62 bits per heavy atom. The maximum absolute atomic E-state index is 6.03. The average molecular weight is 426 g/mol. The predicted molar refractivity (Wildman–Crippen MR) is 131 cm³/mol. The lowest BCUT2D eigenvalue weighted by molar-refractivity contribution is 0.238. The minimum atomic E-state index is 0.291. The molecule has 164 valence electrons. The van der Waals surface area contributed by atoms with Crippen LogP contribution in [0.5, 0.6) is 11.5 Å². The molecule has 3 nitrogen and oxygen atoms in total. The van der Waals surface area contributed by atoms with Crippen molar-refractivity contribution in [3.63, 3.8) is 0 Å². The second-order valence-electron chi connectivity index (χ2n) is 8.75. The van der Waals surface area contributed by atoms with Crippen LogP contribution in [0.2, 0.25) is 0 Å². The lowest BCUT2D eigenvalue weighted by Gasteiger charge is -2.27. The van der Waals surface area contributed by atoms with Gasteiger partial charge in [0, 0.05) is 12.5 Å². The van der Waals surface area contributed by atoms with Gasteiger partial charge < -0.3 is 9.47 Å². The van der Waals surface area contributed by atoms with E-state index < -0.39 is 0 Å². The summed E-state index contributed by atoms with van der Waals surface area (Å²) in [4.78, 5) is 2.48. The molecule has 1 aliphatic heterocycles. The topological polar surface area (TPSA) is 21.7 Å². The van der Waals surface area contributed by atoms with E-state index in [4.69, 9.17) is 9.47 Å². The zero-order valence-corrected chi connectivity index (χ0v) is 18.8. The summed E-state index contributed by atoms with van der Waals surface area (Å²) < 4.78 is 11.6. The van der Waals surface area contributed by atoms with Gasteiger partial charge in [-0.25, -0.2) is 0 Å². The molecule has 3 aromatic rings. The standard InChI is InChI=1S/C29H31NO2/c1-31-27-14-11-24-19-25(22-7-3-2-4-8-22)20-28(29(24)21-27)23-9-12-26(13-10-23)32-18-17-30-15-5-6-16-30/h2-4,7-14,19,21,28H,5-6,15-18,20H2,1H3. The van der Waals surface area contributed by atoms with Gasteiger partial charge in [0.25, 0.3) is 0 Å². The number of benzene rings is 3. The van der Waals surface area contributed by atoms with E-state index in [1.807, 2.05) is 0 Å². The third-order valence-electron chi connectivity index (χ3n) is 6.73. The summed E-state index contributed by atoms with van der Waals surface area (Å²) >= 11 is 0. The zero-order chi connectivity index (χ0) is 21.8. The number of nitrogens with zero attached hydrogens (tertiary/aromatic N) is 1. The van der Waals surface area contributed by atoms with Crippen molar-refractivity contribution in [1.82, 2.24) is 4.90 Å². The Morgan fingerprint density at radius 1 is 0.875 bits per heavy atom. The van der Waals surface area contributed by atoms with E-state index in [1.165, 1.54) is 53.8 Å². The summed E-state index contributed by atoms with van der Waals surface area (Å²) in [5.74, 6) is 2.15. The van der Waals surface area contributed by atoms with Crippen molar-refractivity contribution in [3.8, 4) is 11.5 Å². The fraction of sp³-hybridized carbons (Fsp3) is 0.310. The summed E-state index contributed by atoms with van der Waals surface area (Å²) in [6, 6.07) is 25.8. The van der Waals surface area contributed by atoms with Crippen LogP contribution in [0, 0.1) is 0 Å². The summed E-state index contributed by atoms with van der Waals surface area (Å²) in [6.07, 6.45) is 5.94. The number of allylic oxidation sites excluding steroid dienone is 1. The molecule has 1 atom stereocenters. The maximum Gasteiger partial charge on any atom is 0.119 e. The molecule has 0 saturated carbocycles. The Hall–Kier alpha value is -3.04. The number of fused-ring (bicyclic) bond motifs is 1. The second kappa shape index (κ2) is 9.62. The molecule has 1 unspecified atom stereocenters. The van der Waals surface area contributed by atoms with Crippen molar-refractivity contribution in [2.75, 3.05) is 33.4 Å². The molecular formula is C29H31NO2. The molecule has 32 heavy (non-hydrogen) atoms. The molecular weight excluding hydrogens is 394 g/mol. The van der Waals surface area contributed by atoms with Crippen molar-refractivity contribution in [3.05, 3.63) is 95.1 Å². The highest BCUT2D eigenvalue weighted by Gasteiger charge is 2.24. The van der Waals surface area contributed by atoms with E-state index in [9.17, 15) is 0 Å². The summed E-state index contributed by atoms with van der Waals surface area (Å²) in [5.41, 5.74) is 6.58. The fourth-order valence-electron chi connectivity index (χ4n) is 4.94. The van der Waals surface area contributed by atoms with Gasteiger partial charge in [-0.15, -0.1) is 0 Å². The van der Waals surface area contributed by atoms with E-state index in [-0.39, 0.29) is 0 Å². The average Bonchev–Trinajstić information content (AvgIpc) is 3.38. The van der Waals surface area contributed by atoms with E-state index in [1.54, 1.807) is 7.11 Å². The largest absolute Gasteiger partial charge is 0.497 e.